The Morgan fingerprint density at radius 1 is 0.929 bits per heavy atom. The summed E-state index contributed by atoms with van der Waals surface area (Å²) in [4.78, 5) is 22.3. The molecule has 1 aliphatic carbocycles. The highest BCUT2D eigenvalue weighted by molar-refractivity contribution is 8.01. The number of hydrogen-bond donors (Lipinski definition) is 2. The van der Waals surface area contributed by atoms with Crippen LogP contribution in [0.25, 0.3) is 0 Å². The molecule has 2 saturated heterocycles. The van der Waals surface area contributed by atoms with Gasteiger partial charge >= 0.3 is 18.1 Å². The van der Waals surface area contributed by atoms with Crippen LogP contribution in [0.2, 0.25) is 0 Å². The molecule has 2 aliphatic heterocycles. The number of ether oxygens (including phenoxy) is 2. The van der Waals surface area contributed by atoms with Crippen molar-refractivity contribution in [3.8, 4) is 23.7 Å². The molecule has 0 amide bonds. The maximum atomic E-state index is 14.0. The Hall–Kier alpha value is -2.40. The predicted octanol–water partition coefficient (Wildman–Crippen LogP) is 5.39. The van der Waals surface area contributed by atoms with Crippen LogP contribution < -0.4 is 10.6 Å². The van der Waals surface area contributed by atoms with E-state index >= 15 is 0 Å². The van der Waals surface area contributed by atoms with E-state index in [1.54, 1.807) is 11.8 Å². The third-order valence-corrected chi connectivity index (χ3v) is 9.65. The molecule has 232 valence electrons. The summed E-state index contributed by atoms with van der Waals surface area (Å²) in [6.45, 7) is 10.1. The molecular formula is C32H43F3N2O4S. The van der Waals surface area contributed by atoms with Crippen molar-refractivity contribution < 1.29 is 32.2 Å². The quantitative estimate of drug-likeness (QED) is 0.149. The molecule has 0 bridgehead atoms. The van der Waals surface area contributed by atoms with Gasteiger partial charge in [0.2, 0.25) is 0 Å². The Balaban J connectivity index is 1.44. The Morgan fingerprint density at radius 3 is 2.29 bits per heavy atom. The molecule has 0 aromatic heterocycles. The van der Waals surface area contributed by atoms with E-state index in [-0.39, 0.29) is 34.9 Å². The fourth-order valence-electron chi connectivity index (χ4n) is 5.67. The second-order valence-corrected chi connectivity index (χ2v) is 12.6. The van der Waals surface area contributed by atoms with Gasteiger partial charge in [-0.25, -0.2) is 9.59 Å². The highest BCUT2D eigenvalue weighted by Gasteiger charge is 2.47. The normalized spacial score (nSPS) is 31.0. The third-order valence-electron chi connectivity index (χ3n) is 8.13. The first-order valence-electron chi connectivity index (χ1n) is 14.9. The van der Waals surface area contributed by atoms with Crippen LogP contribution in [0.15, 0.2) is 25.3 Å². The molecule has 3 aliphatic rings. The third kappa shape index (κ3) is 11.4. The van der Waals surface area contributed by atoms with E-state index in [2.05, 4.69) is 47.5 Å². The van der Waals surface area contributed by atoms with E-state index in [0.29, 0.717) is 45.1 Å². The van der Waals surface area contributed by atoms with Crippen molar-refractivity contribution in [2.75, 3.05) is 19.8 Å². The van der Waals surface area contributed by atoms with Crippen LogP contribution in [0.1, 0.15) is 64.7 Å². The molecule has 8 unspecified atom stereocenters. The molecule has 42 heavy (non-hydrogen) atoms. The van der Waals surface area contributed by atoms with Crippen LogP contribution in [0.3, 0.4) is 0 Å². The number of carbonyl (C=O) groups is 2. The number of carbonyl (C=O) groups excluding carboxylic acids is 2. The molecule has 2 heterocycles. The number of halogens is 3. The molecule has 2 N–H and O–H groups in total. The van der Waals surface area contributed by atoms with Gasteiger partial charge in [-0.3, -0.25) is 5.32 Å². The van der Waals surface area contributed by atoms with Crippen LogP contribution in [-0.2, 0) is 19.1 Å². The minimum atomic E-state index is -4.31. The number of alkyl halides is 3. The van der Waals surface area contributed by atoms with E-state index in [9.17, 15) is 22.8 Å². The molecule has 0 aromatic rings. The van der Waals surface area contributed by atoms with E-state index in [4.69, 9.17) is 9.47 Å². The van der Waals surface area contributed by atoms with Gasteiger partial charge in [-0.2, -0.15) is 13.2 Å². The summed E-state index contributed by atoms with van der Waals surface area (Å²) >= 11 is 1.63. The lowest BCUT2D eigenvalue weighted by Gasteiger charge is -2.33. The monoisotopic (exact) mass is 608 g/mol. The Morgan fingerprint density at radius 2 is 1.62 bits per heavy atom. The van der Waals surface area contributed by atoms with Crippen molar-refractivity contribution in [2.24, 2.45) is 23.7 Å². The molecular weight excluding hydrogens is 565 g/mol. The first kappa shape index (κ1) is 34.1. The molecule has 3 fully saturated rings. The maximum absolute atomic E-state index is 14.0. The van der Waals surface area contributed by atoms with E-state index < -0.39 is 30.0 Å². The fourth-order valence-corrected chi connectivity index (χ4v) is 7.00. The van der Waals surface area contributed by atoms with Gasteiger partial charge in [0.1, 0.15) is 5.37 Å². The van der Waals surface area contributed by atoms with E-state index in [1.165, 1.54) is 0 Å². The molecule has 8 atom stereocenters. The van der Waals surface area contributed by atoms with E-state index in [0.717, 1.165) is 44.3 Å². The maximum Gasteiger partial charge on any atom is 0.393 e. The van der Waals surface area contributed by atoms with Gasteiger partial charge < -0.3 is 14.8 Å². The fraction of sp³-hybridized carbons (Fsp3) is 0.688. The zero-order valence-corrected chi connectivity index (χ0v) is 25.2. The number of piperidine rings is 1. The standard InChI is InChI=1S/C32H43F3N2O4S/c1-4-30(38)40-18-7-6-8-26-15-11-24(21-36-26)10-14-25-13-9-23(20-27(25)32(33,34)35)12-16-29-37-22(3)28(42-29)17-19-41-31(39)5-2/h4-5,22-29,36-37H,1-2,6-9,11,13,15,17-21H2,3H3. The Kier molecular flexibility index (Phi) is 13.8. The average molecular weight is 609 g/mol. The summed E-state index contributed by atoms with van der Waals surface area (Å²) in [6.07, 6.45) is 4.13. The summed E-state index contributed by atoms with van der Waals surface area (Å²) in [5.74, 6) is 9.23. The highest BCUT2D eigenvalue weighted by atomic mass is 32.2. The Labute approximate surface area is 252 Å². The lowest BCUT2D eigenvalue weighted by atomic mass is 9.74. The molecule has 3 rings (SSSR count). The molecule has 1 saturated carbocycles. The first-order valence-corrected chi connectivity index (χ1v) is 15.9. The first-order chi connectivity index (χ1) is 20.1. The van der Waals surface area contributed by atoms with Gasteiger partial charge in [0.15, 0.2) is 0 Å². The minimum Gasteiger partial charge on any atom is -0.463 e. The van der Waals surface area contributed by atoms with Gasteiger partial charge in [0, 0.05) is 53.8 Å². The van der Waals surface area contributed by atoms with Crippen LogP contribution >= 0.6 is 11.8 Å². The molecule has 0 spiro atoms. The topological polar surface area (TPSA) is 76.7 Å². The van der Waals surface area contributed by atoms with Gasteiger partial charge in [0.05, 0.1) is 19.1 Å². The van der Waals surface area contributed by atoms with Crippen molar-refractivity contribution >= 4 is 23.7 Å². The van der Waals surface area contributed by atoms with E-state index in [1.807, 2.05) is 6.92 Å². The lowest BCUT2D eigenvalue weighted by molar-refractivity contribution is -0.192. The van der Waals surface area contributed by atoms with Gasteiger partial charge in [-0.15, -0.1) is 11.8 Å². The van der Waals surface area contributed by atoms with Crippen molar-refractivity contribution in [3.63, 3.8) is 0 Å². The summed E-state index contributed by atoms with van der Waals surface area (Å²) < 4.78 is 52.2. The summed E-state index contributed by atoms with van der Waals surface area (Å²) in [7, 11) is 0. The number of hydrogen-bond acceptors (Lipinski definition) is 7. The summed E-state index contributed by atoms with van der Waals surface area (Å²) in [5.41, 5.74) is 0. The zero-order chi connectivity index (χ0) is 30.5. The van der Waals surface area contributed by atoms with Crippen LogP contribution in [-0.4, -0.2) is 60.6 Å². The van der Waals surface area contributed by atoms with Gasteiger partial charge in [0.25, 0.3) is 0 Å². The highest BCUT2D eigenvalue weighted by Crippen LogP contribution is 2.43. The van der Waals surface area contributed by atoms with Crippen molar-refractivity contribution in [2.45, 2.75) is 93.6 Å². The summed E-state index contributed by atoms with van der Waals surface area (Å²) in [5, 5.41) is 6.92. The smallest absolute Gasteiger partial charge is 0.393 e. The van der Waals surface area contributed by atoms with Gasteiger partial charge in [-0.05, 0) is 64.7 Å². The van der Waals surface area contributed by atoms with Crippen LogP contribution in [0, 0.1) is 47.4 Å². The zero-order valence-electron chi connectivity index (χ0n) is 24.3. The number of rotatable bonds is 10. The second-order valence-electron chi connectivity index (χ2n) is 11.3. The van der Waals surface area contributed by atoms with Crippen molar-refractivity contribution in [1.82, 2.24) is 10.6 Å². The van der Waals surface area contributed by atoms with Gasteiger partial charge in [-0.1, -0.05) is 36.8 Å². The Bertz CT molecular complexity index is 1050. The molecule has 0 radical (unpaired) electrons. The molecule has 0 aromatic carbocycles. The van der Waals surface area contributed by atoms with Crippen molar-refractivity contribution in [3.05, 3.63) is 25.3 Å². The number of unbranched alkanes of at least 4 members (excludes halogenated alkanes) is 1. The largest absolute Gasteiger partial charge is 0.463 e. The average Bonchev–Trinajstić information content (AvgIpc) is 3.33. The number of nitrogens with one attached hydrogen (secondary N) is 2. The predicted molar refractivity (Wildman–Crippen MR) is 159 cm³/mol. The second kappa shape index (κ2) is 17.0. The van der Waals surface area contributed by atoms with Crippen molar-refractivity contribution in [1.29, 1.82) is 0 Å². The number of esters is 2. The molecule has 10 heteroatoms. The SMILES string of the molecule is C=CC(=O)OCCCCC1CCC(C#CC2CCC(C#CC3NC(C)C(CCOC(=O)C=C)S3)CC2C(F)(F)F)CN1. The van der Waals surface area contributed by atoms with Crippen LogP contribution in [0.5, 0.6) is 0 Å². The van der Waals surface area contributed by atoms with Crippen LogP contribution in [0.4, 0.5) is 13.2 Å². The number of thioether (sulfide) groups is 1. The lowest BCUT2D eigenvalue weighted by Crippen LogP contribution is -2.38. The summed E-state index contributed by atoms with van der Waals surface area (Å²) in [6, 6.07) is 0.514. The molecule has 6 nitrogen and oxygen atoms in total. The minimum absolute atomic E-state index is 0.0170.